The number of anilines is 1. The summed E-state index contributed by atoms with van der Waals surface area (Å²) in [5.41, 5.74) is 1.77. The second-order valence-electron chi connectivity index (χ2n) is 4.90. The van der Waals surface area contributed by atoms with Crippen LogP contribution in [-0.4, -0.2) is 31.7 Å². The van der Waals surface area contributed by atoms with Crippen molar-refractivity contribution in [1.29, 1.82) is 0 Å². The number of hydrogen-bond donors (Lipinski definition) is 2. The van der Waals surface area contributed by atoms with E-state index >= 15 is 0 Å². The number of benzene rings is 1. The maximum Gasteiger partial charge on any atom is 0.225 e. The zero-order valence-electron chi connectivity index (χ0n) is 13.3. The Hall–Kier alpha value is -2.60. The molecule has 0 aliphatic carbocycles. The molecule has 0 saturated carbocycles. The Morgan fingerprint density at radius 3 is 2.61 bits per heavy atom. The summed E-state index contributed by atoms with van der Waals surface area (Å²) in [5, 5.41) is 6.07. The smallest absolute Gasteiger partial charge is 0.225 e. The van der Waals surface area contributed by atoms with Crippen LogP contribution >= 0.6 is 0 Å². The molecule has 0 unspecified atom stereocenters. The second kappa shape index (κ2) is 8.75. The lowest BCUT2D eigenvalue weighted by Crippen LogP contribution is -2.21. The summed E-state index contributed by atoms with van der Waals surface area (Å²) in [6.45, 7) is 1.30. The number of rotatable bonds is 8. The van der Waals surface area contributed by atoms with E-state index in [2.05, 4.69) is 15.6 Å². The Labute approximate surface area is 135 Å². The number of nitrogens with zero attached hydrogens (tertiary/aromatic N) is 1. The van der Waals surface area contributed by atoms with Crippen LogP contribution < -0.4 is 20.1 Å². The molecular formula is C17H21N3O3. The van der Waals surface area contributed by atoms with Crippen molar-refractivity contribution in [2.75, 3.05) is 26.1 Å². The van der Waals surface area contributed by atoms with Crippen LogP contribution in [0.1, 0.15) is 12.0 Å². The van der Waals surface area contributed by atoms with Crippen molar-refractivity contribution in [1.82, 2.24) is 10.3 Å². The zero-order chi connectivity index (χ0) is 16.5. The van der Waals surface area contributed by atoms with Crippen molar-refractivity contribution < 1.29 is 14.3 Å². The molecule has 0 aliphatic heterocycles. The lowest BCUT2D eigenvalue weighted by Gasteiger charge is -2.12. The van der Waals surface area contributed by atoms with E-state index in [1.165, 1.54) is 0 Å². The molecule has 2 aromatic rings. The maximum atomic E-state index is 12.0. The van der Waals surface area contributed by atoms with Crippen LogP contribution in [0.4, 0.5) is 5.69 Å². The molecule has 1 aromatic carbocycles. The predicted molar refractivity (Wildman–Crippen MR) is 88.7 cm³/mol. The maximum absolute atomic E-state index is 12.0. The van der Waals surface area contributed by atoms with Gasteiger partial charge in [0.25, 0.3) is 0 Å². The number of aromatic nitrogens is 1. The fourth-order valence-corrected chi connectivity index (χ4v) is 2.05. The Balaban J connectivity index is 1.78. The highest BCUT2D eigenvalue weighted by Crippen LogP contribution is 2.28. The molecule has 0 bridgehead atoms. The fraction of sp³-hybridized carbons (Fsp3) is 0.294. The summed E-state index contributed by atoms with van der Waals surface area (Å²) in [5.74, 6) is 1.18. The van der Waals surface area contributed by atoms with Gasteiger partial charge in [-0.1, -0.05) is 0 Å². The minimum atomic E-state index is -0.0734. The highest BCUT2D eigenvalue weighted by atomic mass is 16.5. The molecule has 6 nitrogen and oxygen atoms in total. The summed E-state index contributed by atoms with van der Waals surface area (Å²) in [6.07, 6.45) is 3.87. The summed E-state index contributed by atoms with van der Waals surface area (Å²) < 4.78 is 10.4. The summed E-state index contributed by atoms with van der Waals surface area (Å²) in [6, 6.07) is 9.15. The first-order chi connectivity index (χ1) is 11.2. The van der Waals surface area contributed by atoms with E-state index in [0.717, 1.165) is 5.56 Å². The first-order valence-electron chi connectivity index (χ1n) is 7.34. The van der Waals surface area contributed by atoms with Gasteiger partial charge in [-0.15, -0.1) is 0 Å². The predicted octanol–water partition coefficient (Wildman–Crippen LogP) is 2.22. The van der Waals surface area contributed by atoms with Crippen LogP contribution in [0.15, 0.2) is 42.7 Å². The van der Waals surface area contributed by atoms with Crippen LogP contribution in [0.25, 0.3) is 0 Å². The number of carbonyl (C=O) groups is 1. The van der Waals surface area contributed by atoms with E-state index in [0.29, 0.717) is 36.7 Å². The highest BCUT2D eigenvalue weighted by molar-refractivity contribution is 5.92. The van der Waals surface area contributed by atoms with Gasteiger partial charge in [0.1, 0.15) is 11.5 Å². The minimum Gasteiger partial charge on any atom is -0.497 e. The average molecular weight is 315 g/mol. The minimum absolute atomic E-state index is 0.0734. The Morgan fingerprint density at radius 2 is 1.91 bits per heavy atom. The molecule has 6 heteroatoms. The van der Waals surface area contributed by atoms with Crippen molar-refractivity contribution >= 4 is 11.6 Å². The molecule has 0 saturated heterocycles. The van der Waals surface area contributed by atoms with Gasteiger partial charge in [-0.2, -0.15) is 0 Å². The number of hydrogen-bond acceptors (Lipinski definition) is 5. The molecule has 0 aliphatic rings. The monoisotopic (exact) mass is 315 g/mol. The van der Waals surface area contributed by atoms with Crippen LogP contribution in [-0.2, 0) is 11.3 Å². The van der Waals surface area contributed by atoms with Crippen molar-refractivity contribution in [2.45, 2.75) is 13.0 Å². The van der Waals surface area contributed by atoms with Crippen LogP contribution in [0, 0.1) is 0 Å². The van der Waals surface area contributed by atoms with E-state index in [4.69, 9.17) is 9.47 Å². The Kier molecular flexibility index (Phi) is 6.38. The van der Waals surface area contributed by atoms with E-state index in [1.807, 2.05) is 12.1 Å². The van der Waals surface area contributed by atoms with Crippen molar-refractivity contribution in [3.05, 3.63) is 48.3 Å². The van der Waals surface area contributed by atoms with E-state index in [1.54, 1.807) is 44.8 Å². The fourth-order valence-electron chi connectivity index (χ4n) is 2.05. The number of nitrogens with one attached hydrogen (secondary N) is 2. The number of amides is 1. The number of ether oxygens (including phenoxy) is 2. The number of carbonyl (C=O) groups excluding carboxylic acids is 1. The standard InChI is InChI=1S/C17H21N3O3/c1-22-14-3-4-15(16(11-14)23-2)20-17(21)7-10-19-12-13-5-8-18-9-6-13/h3-6,8-9,11,19H,7,10,12H2,1-2H3,(H,20,21). The SMILES string of the molecule is COc1ccc(NC(=O)CCNCc2ccncc2)c(OC)c1. The van der Waals surface area contributed by atoms with Gasteiger partial charge in [0.2, 0.25) is 5.91 Å². The second-order valence-corrected chi connectivity index (χ2v) is 4.90. The van der Waals surface area contributed by atoms with E-state index < -0.39 is 0 Å². The van der Waals surface area contributed by atoms with Crippen molar-refractivity contribution in [2.24, 2.45) is 0 Å². The molecule has 0 radical (unpaired) electrons. The van der Waals surface area contributed by atoms with Crippen LogP contribution in [0.5, 0.6) is 11.5 Å². The summed E-state index contributed by atoms with van der Waals surface area (Å²) >= 11 is 0. The number of methoxy groups -OCH3 is 2. The molecule has 122 valence electrons. The third-order valence-corrected chi connectivity index (χ3v) is 3.29. The lowest BCUT2D eigenvalue weighted by molar-refractivity contribution is -0.116. The summed E-state index contributed by atoms with van der Waals surface area (Å²) in [4.78, 5) is 16.0. The third-order valence-electron chi connectivity index (χ3n) is 3.29. The van der Waals surface area contributed by atoms with Gasteiger partial charge >= 0.3 is 0 Å². The largest absolute Gasteiger partial charge is 0.497 e. The quantitative estimate of drug-likeness (QED) is 0.731. The molecule has 2 rings (SSSR count). The normalized spacial score (nSPS) is 10.2. The van der Waals surface area contributed by atoms with Gasteiger partial charge in [-0.05, 0) is 29.8 Å². The lowest BCUT2D eigenvalue weighted by atomic mass is 10.2. The van der Waals surface area contributed by atoms with E-state index in [9.17, 15) is 4.79 Å². The van der Waals surface area contributed by atoms with Gasteiger partial charge < -0.3 is 20.1 Å². The highest BCUT2D eigenvalue weighted by Gasteiger charge is 2.08. The first-order valence-corrected chi connectivity index (χ1v) is 7.34. The van der Waals surface area contributed by atoms with Crippen LogP contribution in [0.3, 0.4) is 0 Å². The van der Waals surface area contributed by atoms with E-state index in [-0.39, 0.29) is 5.91 Å². The molecule has 23 heavy (non-hydrogen) atoms. The van der Waals surface area contributed by atoms with Crippen molar-refractivity contribution in [3.63, 3.8) is 0 Å². The third kappa shape index (κ3) is 5.27. The molecule has 2 N–H and O–H groups in total. The zero-order valence-corrected chi connectivity index (χ0v) is 13.3. The molecule has 0 spiro atoms. The van der Waals surface area contributed by atoms with Crippen molar-refractivity contribution in [3.8, 4) is 11.5 Å². The van der Waals surface area contributed by atoms with Crippen LogP contribution in [0.2, 0.25) is 0 Å². The number of pyridine rings is 1. The molecule has 1 heterocycles. The van der Waals surface area contributed by atoms with Gasteiger partial charge in [0.05, 0.1) is 19.9 Å². The first kappa shape index (κ1) is 16.8. The van der Waals surface area contributed by atoms with Gasteiger partial charge in [-0.25, -0.2) is 0 Å². The summed E-state index contributed by atoms with van der Waals surface area (Å²) in [7, 11) is 3.14. The molecule has 0 atom stereocenters. The molecule has 1 amide bonds. The molecular weight excluding hydrogens is 294 g/mol. The molecule has 1 aromatic heterocycles. The molecule has 0 fully saturated rings. The Morgan fingerprint density at radius 1 is 1.13 bits per heavy atom. The Bertz CT molecular complexity index is 632. The van der Waals surface area contributed by atoms with Gasteiger partial charge in [-0.3, -0.25) is 9.78 Å². The average Bonchev–Trinajstić information content (AvgIpc) is 2.60. The van der Waals surface area contributed by atoms with Gasteiger partial charge in [0.15, 0.2) is 0 Å². The topological polar surface area (TPSA) is 72.5 Å². The van der Waals surface area contributed by atoms with Gasteiger partial charge in [0, 0.05) is 38.0 Å².